The van der Waals surface area contributed by atoms with Crippen LogP contribution in [-0.2, 0) is 17.8 Å². The Bertz CT molecular complexity index is 417. The van der Waals surface area contributed by atoms with E-state index in [1.165, 1.54) is 0 Å². The van der Waals surface area contributed by atoms with Crippen LogP contribution >= 0.6 is 0 Å². The number of fused-ring (bicyclic) bond motifs is 1. The Morgan fingerprint density at radius 2 is 2.00 bits per heavy atom. The summed E-state index contributed by atoms with van der Waals surface area (Å²) in [6.45, 7) is 0.0621. The van der Waals surface area contributed by atoms with Crippen LogP contribution in [0.15, 0.2) is 12.1 Å². The highest BCUT2D eigenvalue weighted by Crippen LogP contribution is 2.35. The maximum absolute atomic E-state index is 11.3. The molecular formula is C11H13NO4. The van der Waals surface area contributed by atoms with E-state index in [0.717, 1.165) is 5.56 Å². The zero-order valence-corrected chi connectivity index (χ0v) is 8.95. The largest absolute Gasteiger partial charge is 0.454 e. The summed E-state index contributed by atoms with van der Waals surface area (Å²) < 4.78 is 10.4. The molecule has 0 fully saturated rings. The van der Waals surface area contributed by atoms with Gasteiger partial charge in [0.1, 0.15) is 0 Å². The van der Waals surface area contributed by atoms with E-state index < -0.39 is 0 Å². The van der Waals surface area contributed by atoms with Crippen molar-refractivity contribution in [3.05, 3.63) is 23.3 Å². The number of rotatable bonds is 3. The first kappa shape index (κ1) is 10.8. The monoisotopic (exact) mass is 223 g/mol. The van der Waals surface area contributed by atoms with Crippen LogP contribution in [0.4, 0.5) is 0 Å². The van der Waals surface area contributed by atoms with Crippen LogP contribution in [0.5, 0.6) is 11.5 Å². The van der Waals surface area contributed by atoms with E-state index >= 15 is 0 Å². The number of ether oxygens (including phenoxy) is 2. The molecule has 0 aromatic heterocycles. The molecule has 1 aromatic rings. The minimum atomic E-state index is -0.122. The van der Waals surface area contributed by atoms with Crippen LogP contribution in [0.2, 0.25) is 0 Å². The van der Waals surface area contributed by atoms with Gasteiger partial charge in [-0.3, -0.25) is 4.79 Å². The van der Waals surface area contributed by atoms with Crippen molar-refractivity contribution in [2.45, 2.75) is 13.0 Å². The van der Waals surface area contributed by atoms with Gasteiger partial charge >= 0.3 is 0 Å². The number of carbonyl (C=O) groups is 1. The predicted molar refractivity (Wildman–Crippen MR) is 56.3 cm³/mol. The van der Waals surface area contributed by atoms with Gasteiger partial charge in [0.2, 0.25) is 12.7 Å². The molecular weight excluding hydrogens is 210 g/mol. The summed E-state index contributed by atoms with van der Waals surface area (Å²) in [5.74, 6) is 1.13. The second-order valence-electron chi connectivity index (χ2n) is 3.48. The minimum Gasteiger partial charge on any atom is -0.454 e. The maximum Gasteiger partial charge on any atom is 0.231 e. The Labute approximate surface area is 93.0 Å². The summed E-state index contributed by atoms with van der Waals surface area (Å²) in [4.78, 5) is 11.3. The number of hydrogen-bond donors (Lipinski definition) is 2. The molecule has 1 aliphatic heterocycles. The number of carbonyl (C=O) groups excluding carboxylic acids is 1. The van der Waals surface area contributed by atoms with Gasteiger partial charge in [-0.2, -0.15) is 0 Å². The molecule has 2 rings (SSSR count). The fraction of sp³-hybridized carbons (Fsp3) is 0.364. The first-order chi connectivity index (χ1) is 7.74. The molecule has 1 aromatic carbocycles. The van der Waals surface area contributed by atoms with E-state index in [9.17, 15) is 9.90 Å². The second kappa shape index (κ2) is 4.40. The van der Waals surface area contributed by atoms with Gasteiger partial charge in [0, 0.05) is 7.05 Å². The first-order valence-corrected chi connectivity index (χ1v) is 4.97. The van der Waals surface area contributed by atoms with Crippen molar-refractivity contribution in [2.24, 2.45) is 0 Å². The third-order valence-electron chi connectivity index (χ3n) is 2.50. The number of nitrogens with one attached hydrogen (secondary N) is 1. The number of aliphatic hydroxyl groups is 1. The third kappa shape index (κ3) is 1.94. The lowest BCUT2D eigenvalue weighted by atomic mass is 10.0. The van der Waals surface area contributed by atoms with Gasteiger partial charge in [-0.05, 0) is 23.3 Å². The quantitative estimate of drug-likeness (QED) is 0.768. The molecule has 1 aliphatic rings. The Kier molecular flexibility index (Phi) is 2.96. The molecule has 0 spiro atoms. The summed E-state index contributed by atoms with van der Waals surface area (Å²) in [6.07, 6.45) is 0.225. The number of benzene rings is 1. The highest BCUT2D eigenvalue weighted by atomic mass is 16.7. The van der Waals surface area contributed by atoms with E-state index in [1.807, 2.05) is 0 Å². The summed E-state index contributed by atoms with van der Waals surface area (Å²) >= 11 is 0. The van der Waals surface area contributed by atoms with E-state index in [4.69, 9.17) is 9.47 Å². The molecule has 16 heavy (non-hydrogen) atoms. The standard InChI is InChI=1S/C11H13NO4/c1-12-11(14)4-7-2-9-10(16-6-15-9)3-8(7)5-13/h2-3,13H,4-6H2,1H3,(H,12,14). The number of amides is 1. The number of likely N-dealkylation sites (N-methyl/N-ethyl adjacent to an activating group) is 1. The van der Waals surface area contributed by atoms with Crippen molar-refractivity contribution in [2.75, 3.05) is 13.8 Å². The average Bonchev–Trinajstić information content (AvgIpc) is 2.74. The molecule has 0 saturated carbocycles. The van der Waals surface area contributed by atoms with Crippen molar-refractivity contribution in [3.63, 3.8) is 0 Å². The highest BCUT2D eigenvalue weighted by Gasteiger charge is 2.17. The van der Waals surface area contributed by atoms with Crippen molar-refractivity contribution in [1.29, 1.82) is 0 Å². The summed E-state index contributed by atoms with van der Waals surface area (Å²) in [7, 11) is 1.58. The van der Waals surface area contributed by atoms with Crippen LogP contribution in [0, 0.1) is 0 Å². The molecule has 0 unspecified atom stereocenters. The Morgan fingerprint density at radius 3 is 2.56 bits per heavy atom. The molecule has 0 radical (unpaired) electrons. The molecule has 0 saturated heterocycles. The van der Waals surface area contributed by atoms with Crippen LogP contribution < -0.4 is 14.8 Å². The molecule has 0 atom stereocenters. The van der Waals surface area contributed by atoms with Gasteiger partial charge in [-0.25, -0.2) is 0 Å². The summed E-state index contributed by atoms with van der Waals surface area (Å²) in [5.41, 5.74) is 1.44. The van der Waals surface area contributed by atoms with E-state index in [0.29, 0.717) is 17.1 Å². The SMILES string of the molecule is CNC(=O)Cc1cc2c(cc1CO)OCO2. The zero-order valence-electron chi connectivity index (χ0n) is 8.95. The molecule has 0 bridgehead atoms. The van der Waals surface area contributed by atoms with Crippen molar-refractivity contribution < 1.29 is 19.4 Å². The van der Waals surface area contributed by atoms with Gasteiger partial charge < -0.3 is 19.9 Å². The van der Waals surface area contributed by atoms with Gasteiger partial charge in [0.25, 0.3) is 0 Å². The topological polar surface area (TPSA) is 67.8 Å². The molecule has 5 heteroatoms. The van der Waals surface area contributed by atoms with Gasteiger partial charge in [-0.15, -0.1) is 0 Å². The van der Waals surface area contributed by atoms with Crippen molar-refractivity contribution in [3.8, 4) is 11.5 Å². The lowest BCUT2D eigenvalue weighted by Crippen LogP contribution is -2.20. The van der Waals surface area contributed by atoms with Crippen molar-refractivity contribution >= 4 is 5.91 Å². The Balaban J connectivity index is 2.32. The fourth-order valence-corrected chi connectivity index (χ4v) is 1.60. The summed E-state index contributed by atoms with van der Waals surface area (Å²) in [6, 6.07) is 3.45. The molecule has 2 N–H and O–H groups in total. The van der Waals surface area contributed by atoms with Crippen LogP contribution in [-0.4, -0.2) is 24.9 Å². The van der Waals surface area contributed by atoms with Crippen LogP contribution in [0.25, 0.3) is 0 Å². The third-order valence-corrected chi connectivity index (χ3v) is 2.50. The van der Waals surface area contributed by atoms with E-state index in [2.05, 4.69) is 5.32 Å². The number of aliphatic hydroxyl groups excluding tert-OH is 1. The Hall–Kier alpha value is -1.75. The normalized spacial score (nSPS) is 12.6. The lowest BCUT2D eigenvalue weighted by Gasteiger charge is -2.08. The molecule has 0 aliphatic carbocycles. The zero-order chi connectivity index (χ0) is 11.5. The smallest absolute Gasteiger partial charge is 0.231 e. The van der Waals surface area contributed by atoms with E-state index in [-0.39, 0.29) is 25.7 Å². The summed E-state index contributed by atoms with van der Waals surface area (Å²) in [5, 5.41) is 11.7. The number of hydrogen-bond acceptors (Lipinski definition) is 4. The van der Waals surface area contributed by atoms with Crippen LogP contribution in [0.1, 0.15) is 11.1 Å². The van der Waals surface area contributed by atoms with Crippen molar-refractivity contribution in [1.82, 2.24) is 5.32 Å². The average molecular weight is 223 g/mol. The first-order valence-electron chi connectivity index (χ1n) is 4.97. The fourth-order valence-electron chi connectivity index (χ4n) is 1.60. The van der Waals surface area contributed by atoms with Gasteiger partial charge in [0.15, 0.2) is 11.5 Å². The maximum atomic E-state index is 11.3. The minimum absolute atomic E-state index is 0.103. The predicted octanol–water partition coefficient (Wildman–Crippen LogP) is 0.196. The Morgan fingerprint density at radius 1 is 1.38 bits per heavy atom. The van der Waals surface area contributed by atoms with Crippen LogP contribution in [0.3, 0.4) is 0 Å². The van der Waals surface area contributed by atoms with Gasteiger partial charge in [0.05, 0.1) is 13.0 Å². The molecule has 86 valence electrons. The highest BCUT2D eigenvalue weighted by molar-refractivity contribution is 5.79. The molecule has 1 heterocycles. The molecule has 5 nitrogen and oxygen atoms in total. The van der Waals surface area contributed by atoms with E-state index in [1.54, 1.807) is 19.2 Å². The van der Waals surface area contributed by atoms with Gasteiger partial charge in [-0.1, -0.05) is 0 Å². The second-order valence-corrected chi connectivity index (χ2v) is 3.48. The molecule has 1 amide bonds. The lowest BCUT2D eigenvalue weighted by molar-refractivity contribution is -0.119.